The SMILES string of the molecule is CC(C)c1ccc(NC(=O)[C@H](c2cc3c(cc2[N+](=O)[O-])OCO3)N2CCN(C(=O)c3ccco3)CC2)cc1. The Morgan fingerprint density at radius 2 is 1.68 bits per heavy atom. The highest BCUT2D eigenvalue weighted by molar-refractivity contribution is 5.96. The molecule has 38 heavy (non-hydrogen) atoms. The fourth-order valence-electron chi connectivity index (χ4n) is 4.73. The van der Waals surface area contributed by atoms with Crippen molar-refractivity contribution in [3.8, 4) is 11.5 Å². The third-order valence-electron chi connectivity index (χ3n) is 6.80. The predicted octanol–water partition coefficient (Wildman–Crippen LogP) is 4.18. The van der Waals surface area contributed by atoms with E-state index in [4.69, 9.17) is 13.9 Å². The van der Waals surface area contributed by atoms with Crippen molar-refractivity contribution in [1.82, 2.24) is 9.80 Å². The Hall–Kier alpha value is -4.38. The number of rotatable bonds is 7. The van der Waals surface area contributed by atoms with Crippen molar-refractivity contribution < 1.29 is 28.4 Å². The summed E-state index contributed by atoms with van der Waals surface area (Å²) in [6.45, 7) is 5.40. The second-order valence-electron chi connectivity index (χ2n) is 9.50. The van der Waals surface area contributed by atoms with Crippen LogP contribution in [0.15, 0.2) is 59.2 Å². The minimum absolute atomic E-state index is 0.0530. The van der Waals surface area contributed by atoms with Gasteiger partial charge in [-0.2, -0.15) is 0 Å². The number of fused-ring (bicyclic) bond motifs is 1. The molecular weight excluding hydrogens is 492 g/mol. The minimum atomic E-state index is -1.00. The molecule has 5 rings (SSSR count). The molecular formula is C27H28N4O7. The van der Waals surface area contributed by atoms with Crippen LogP contribution in [0.25, 0.3) is 0 Å². The highest BCUT2D eigenvalue weighted by Gasteiger charge is 2.38. The molecule has 0 saturated carbocycles. The lowest BCUT2D eigenvalue weighted by atomic mass is 9.99. The summed E-state index contributed by atoms with van der Waals surface area (Å²) in [5.41, 5.74) is 1.67. The van der Waals surface area contributed by atoms with Gasteiger partial charge in [0.15, 0.2) is 17.3 Å². The summed E-state index contributed by atoms with van der Waals surface area (Å²) in [5, 5.41) is 15.0. The first-order valence-corrected chi connectivity index (χ1v) is 12.4. The number of anilines is 1. The number of nitrogens with one attached hydrogen (secondary N) is 1. The third kappa shape index (κ3) is 5.05. The summed E-state index contributed by atoms with van der Waals surface area (Å²) in [4.78, 5) is 41.5. The van der Waals surface area contributed by atoms with Crippen LogP contribution in [0.2, 0.25) is 0 Å². The Morgan fingerprint density at radius 1 is 1.00 bits per heavy atom. The molecule has 0 radical (unpaired) electrons. The van der Waals surface area contributed by atoms with Crippen LogP contribution in [-0.2, 0) is 4.79 Å². The molecule has 0 spiro atoms. The van der Waals surface area contributed by atoms with E-state index in [2.05, 4.69) is 19.2 Å². The molecule has 2 aliphatic rings. The summed E-state index contributed by atoms with van der Waals surface area (Å²) < 4.78 is 16.0. The zero-order chi connectivity index (χ0) is 26.8. The van der Waals surface area contributed by atoms with Crippen molar-refractivity contribution in [3.63, 3.8) is 0 Å². The maximum atomic E-state index is 13.8. The van der Waals surface area contributed by atoms with Crippen LogP contribution in [0.1, 0.15) is 47.5 Å². The monoisotopic (exact) mass is 520 g/mol. The van der Waals surface area contributed by atoms with E-state index >= 15 is 0 Å². The molecule has 1 saturated heterocycles. The number of nitrogens with zero attached hydrogens (tertiary/aromatic N) is 3. The van der Waals surface area contributed by atoms with E-state index in [0.29, 0.717) is 43.5 Å². The fourth-order valence-corrected chi connectivity index (χ4v) is 4.73. The lowest BCUT2D eigenvalue weighted by Gasteiger charge is -2.38. The molecule has 1 N–H and O–H groups in total. The van der Waals surface area contributed by atoms with Crippen LogP contribution in [0.4, 0.5) is 11.4 Å². The number of ether oxygens (including phenoxy) is 2. The van der Waals surface area contributed by atoms with Gasteiger partial charge in [-0.1, -0.05) is 26.0 Å². The second-order valence-corrected chi connectivity index (χ2v) is 9.50. The zero-order valence-corrected chi connectivity index (χ0v) is 21.1. The smallest absolute Gasteiger partial charge is 0.289 e. The number of amides is 2. The number of nitro groups is 1. The summed E-state index contributed by atoms with van der Waals surface area (Å²) >= 11 is 0. The summed E-state index contributed by atoms with van der Waals surface area (Å²) in [6.07, 6.45) is 1.44. The molecule has 11 heteroatoms. The summed E-state index contributed by atoms with van der Waals surface area (Å²) in [6, 6.07) is 12.6. The molecule has 1 atom stereocenters. The van der Waals surface area contributed by atoms with Gasteiger partial charge >= 0.3 is 0 Å². The van der Waals surface area contributed by atoms with Gasteiger partial charge < -0.3 is 24.1 Å². The molecule has 1 fully saturated rings. The van der Waals surface area contributed by atoms with Crippen LogP contribution >= 0.6 is 0 Å². The lowest BCUT2D eigenvalue weighted by molar-refractivity contribution is -0.385. The van der Waals surface area contributed by atoms with Gasteiger partial charge in [0.25, 0.3) is 11.6 Å². The summed E-state index contributed by atoms with van der Waals surface area (Å²) in [7, 11) is 0. The van der Waals surface area contributed by atoms with Crippen LogP contribution < -0.4 is 14.8 Å². The normalized spacial score (nSPS) is 15.9. The maximum Gasteiger partial charge on any atom is 0.289 e. The van der Waals surface area contributed by atoms with E-state index in [0.717, 1.165) is 5.56 Å². The largest absolute Gasteiger partial charge is 0.459 e. The van der Waals surface area contributed by atoms with Crippen LogP contribution in [0, 0.1) is 10.1 Å². The Morgan fingerprint density at radius 3 is 2.29 bits per heavy atom. The lowest BCUT2D eigenvalue weighted by Crippen LogP contribution is -2.51. The van der Waals surface area contributed by atoms with E-state index in [1.54, 1.807) is 17.0 Å². The summed E-state index contributed by atoms with van der Waals surface area (Å²) in [5.74, 6) is 0.520. The first kappa shape index (κ1) is 25.3. The maximum absolute atomic E-state index is 13.8. The van der Waals surface area contributed by atoms with Crippen LogP contribution in [-0.4, -0.2) is 59.5 Å². The Bertz CT molecular complexity index is 1330. The molecule has 0 unspecified atom stereocenters. The molecule has 11 nitrogen and oxygen atoms in total. The topological polar surface area (TPSA) is 127 Å². The average Bonchev–Trinajstić information content (AvgIpc) is 3.61. The predicted molar refractivity (Wildman–Crippen MR) is 137 cm³/mol. The molecule has 0 bridgehead atoms. The number of furan rings is 1. The van der Waals surface area contributed by atoms with Gasteiger partial charge in [-0.05, 0) is 41.8 Å². The third-order valence-corrected chi connectivity index (χ3v) is 6.80. The van der Waals surface area contributed by atoms with Crippen molar-refractivity contribution in [2.75, 3.05) is 38.3 Å². The van der Waals surface area contributed by atoms with Gasteiger partial charge in [-0.15, -0.1) is 0 Å². The highest BCUT2D eigenvalue weighted by Crippen LogP contribution is 2.42. The fraction of sp³-hybridized carbons (Fsp3) is 0.333. The molecule has 198 valence electrons. The van der Waals surface area contributed by atoms with Crippen LogP contribution in [0.3, 0.4) is 0 Å². The van der Waals surface area contributed by atoms with Gasteiger partial charge in [-0.25, -0.2) is 0 Å². The molecule has 3 aromatic rings. The molecule has 3 heterocycles. The number of carbonyl (C=O) groups is 2. The van der Waals surface area contributed by atoms with Gasteiger partial charge in [0.2, 0.25) is 12.7 Å². The molecule has 1 aromatic heterocycles. The molecule has 0 aliphatic carbocycles. The van der Waals surface area contributed by atoms with E-state index in [1.807, 2.05) is 29.2 Å². The van der Waals surface area contributed by atoms with E-state index < -0.39 is 16.9 Å². The Labute approximate surface area is 219 Å². The highest BCUT2D eigenvalue weighted by atomic mass is 16.7. The zero-order valence-electron chi connectivity index (χ0n) is 21.1. The van der Waals surface area contributed by atoms with Crippen molar-refractivity contribution in [3.05, 3.63) is 81.8 Å². The van der Waals surface area contributed by atoms with Gasteiger partial charge in [-0.3, -0.25) is 24.6 Å². The molecule has 2 amide bonds. The number of nitro benzene ring substituents is 1. The molecule has 2 aromatic carbocycles. The Kier molecular flexibility index (Phi) is 7.01. The van der Waals surface area contributed by atoms with Crippen molar-refractivity contribution in [2.45, 2.75) is 25.8 Å². The number of hydrogen-bond donors (Lipinski definition) is 1. The number of hydrogen-bond acceptors (Lipinski definition) is 8. The van der Waals surface area contributed by atoms with E-state index in [9.17, 15) is 19.7 Å². The standard InChI is InChI=1S/C27H28N4O7/c1-17(2)18-5-7-19(8-6-18)28-26(32)25(20-14-23-24(38-16-37-23)15-21(20)31(34)35)29-9-11-30(12-10-29)27(33)22-4-3-13-36-22/h3-8,13-15,17,25H,9-12,16H2,1-2H3,(H,28,32)/t25-/m0/s1. The second kappa shape index (κ2) is 10.5. The first-order valence-electron chi connectivity index (χ1n) is 12.4. The average molecular weight is 521 g/mol. The number of piperazine rings is 1. The van der Waals surface area contributed by atoms with E-state index in [-0.39, 0.29) is 35.5 Å². The van der Waals surface area contributed by atoms with Crippen LogP contribution in [0.5, 0.6) is 11.5 Å². The van der Waals surface area contributed by atoms with Crippen molar-refractivity contribution in [1.29, 1.82) is 0 Å². The minimum Gasteiger partial charge on any atom is -0.459 e. The quantitative estimate of drug-likeness (QED) is 0.363. The first-order chi connectivity index (χ1) is 18.3. The van der Waals surface area contributed by atoms with Gasteiger partial charge in [0, 0.05) is 31.9 Å². The number of benzene rings is 2. The van der Waals surface area contributed by atoms with E-state index in [1.165, 1.54) is 18.4 Å². The van der Waals surface area contributed by atoms with Crippen molar-refractivity contribution >= 4 is 23.2 Å². The Balaban J connectivity index is 1.44. The van der Waals surface area contributed by atoms with Crippen molar-refractivity contribution in [2.24, 2.45) is 0 Å². The number of carbonyl (C=O) groups excluding carboxylic acids is 2. The molecule has 2 aliphatic heterocycles. The van der Waals surface area contributed by atoms with Gasteiger partial charge in [0.05, 0.1) is 22.8 Å². The van der Waals surface area contributed by atoms with Gasteiger partial charge in [0.1, 0.15) is 6.04 Å².